The SMILES string of the molecule is CCOc1cc(NCc2ccccc2)ncn1. The van der Waals surface area contributed by atoms with Crippen molar-refractivity contribution in [3.05, 3.63) is 48.3 Å². The molecular weight excluding hydrogens is 214 g/mol. The smallest absolute Gasteiger partial charge is 0.218 e. The summed E-state index contributed by atoms with van der Waals surface area (Å²) in [4.78, 5) is 8.15. The van der Waals surface area contributed by atoms with Gasteiger partial charge < -0.3 is 10.1 Å². The van der Waals surface area contributed by atoms with Crippen molar-refractivity contribution >= 4 is 5.82 Å². The lowest BCUT2D eigenvalue weighted by atomic mass is 10.2. The molecule has 88 valence electrons. The number of ether oxygens (including phenoxy) is 1. The van der Waals surface area contributed by atoms with Crippen LogP contribution < -0.4 is 10.1 Å². The molecule has 17 heavy (non-hydrogen) atoms. The number of aromatic nitrogens is 2. The molecule has 0 spiro atoms. The Balaban J connectivity index is 1.97. The van der Waals surface area contributed by atoms with Gasteiger partial charge in [0, 0.05) is 12.6 Å². The van der Waals surface area contributed by atoms with Crippen LogP contribution in [0.25, 0.3) is 0 Å². The van der Waals surface area contributed by atoms with E-state index in [4.69, 9.17) is 4.74 Å². The second-order valence-electron chi connectivity index (χ2n) is 3.51. The van der Waals surface area contributed by atoms with E-state index in [1.54, 1.807) is 6.07 Å². The van der Waals surface area contributed by atoms with E-state index in [9.17, 15) is 0 Å². The van der Waals surface area contributed by atoms with Crippen LogP contribution in [0.1, 0.15) is 12.5 Å². The zero-order chi connectivity index (χ0) is 11.9. The minimum atomic E-state index is 0.595. The molecule has 1 N–H and O–H groups in total. The van der Waals surface area contributed by atoms with E-state index in [0.29, 0.717) is 12.5 Å². The summed E-state index contributed by atoms with van der Waals surface area (Å²) in [6.45, 7) is 3.28. The monoisotopic (exact) mass is 229 g/mol. The molecule has 4 heteroatoms. The van der Waals surface area contributed by atoms with Gasteiger partial charge in [0.05, 0.1) is 6.61 Å². The topological polar surface area (TPSA) is 47.0 Å². The third-order valence-corrected chi connectivity index (χ3v) is 2.25. The van der Waals surface area contributed by atoms with E-state index in [1.165, 1.54) is 11.9 Å². The second kappa shape index (κ2) is 5.84. The number of benzene rings is 1. The zero-order valence-electron chi connectivity index (χ0n) is 9.76. The Morgan fingerprint density at radius 1 is 1.18 bits per heavy atom. The molecule has 0 aliphatic rings. The van der Waals surface area contributed by atoms with Gasteiger partial charge in [-0.25, -0.2) is 9.97 Å². The molecule has 1 heterocycles. The Morgan fingerprint density at radius 3 is 2.76 bits per heavy atom. The van der Waals surface area contributed by atoms with Gasteiger partial charge in [0.15, 0.2) is 0 Å². The van der Waals surface area contributed by atoms with Crippen LogP contribution >= 0.6 is 0 Å². The largest absolute Gasteiger partial charge is 0.478 e. The third-order valence-electron chi connectivity index (χ3n) is 2.25. The fourth-order valence-electron chi connectivity index (χ4n) is 1.45. The van der Waals surface area contributed by atoms with Gasteiger partial charge in [-0.1, -0.05) is 30.3 Å². The quantitative estimate of drug-likeness (QED) is 0.855. The van der Waals surface area contributed by atoms with Crippen LogP contribution in [-0.2, 0) is 6.54 Å². The van der Waals surface area contributed by atoms with E-state index < -0.39 is 0 Å². The first-order valence-corrected chi connectivity index (χ1v) is 5.61. The Morgan fingerprint density at radius 2 is 2.00 bits per heavy atom. The number of hydrogen-bond donors (Lipinski definition) is 1. The maximum absolute atomic E-state index is 5.31. The van der Waals surface area contributed by atoms with Crippen LogP contribution in [0.15, 0.2) is 42.7 Å². The number of anilines is 1. The molecule has 0 saturated heterocycles. The highest BCUT2D eigenvalue weighted by atomic mass is 16.5. The molecule has 0 aliphatic carbocycles. The van der Waals surface area contributed by atoms with Gasteiger partial charge in [-0.3, -0.25) is 0 Å². The molecule has 1 aromatic carbocycles. The highest BCUT2D eigenvalue weighted by Crippen LogP contribution is 2.11. The number of rotatable bonds is 5. The first-order valence-electron chi connectivity index (χ1n) is 5.61. The average molecular weight is 229 g/mol. The molecule has 0 bridgehead atoms. The lowest BCUT2D eigenvalue weighted by molar-refractivity contribution is 0.326. The van der Waals surface area contributed by atoms with Crippen LogP contribution in [0.4, 0.5) is 5.82 Å². The summed E-state index contributed by atoms with van der Waals surface area (Å²) in [6.07, 6.45) is 1.50. The van der Waals surface area contributed by atoms with Gasteiger partial charge in [-0.2, -0.15) is 0 Å². The van der Waals surface area contributed by atoms with Crippen molar-refractivity contribution in [3.63, 3.8) is 0 Å². The normalized spacial score (nSPS) is 9.94. The minimum absolute atomic E-state index is 0.595. The molecule has 0 unspecified atom stereocenters. The molecular formula is C13H15N3O. The molecule has 0 saturated carbocycles. The van der Waals surface area contributed by atoms with Gasteiger partial charge >= 0.3 is 0 Å². The van der Waals surface area contributed by atoms with Gasteiger partial charge in [0.2, 0.25) is 5.88 Å². The molecule has 4 nitrogen and oxygen atoms in total. The number of nitrogens with one attached hydrogen (secondary N) is 1. The first-order chi connectivity index (χ1) is 8.38. The van der Waals surface area contributed by atoms with Crippen molar-refractivity contribution < 1.29 is 4.74 Å². The lowest BCUT2D eigenvalue weighted by Gasteiger charge is -2.07. The lowest BCUT2D eigenvalue weighted by Crippen LogP contribution is -2.02. The maximum atomic E-state index is 5.31. The molecule has 2 rings (SSSR count). The minimum Gasteiger partial charge on any atom is -0.478 e. The molecule has 0 radical (unpaired) electrons. The van der Waals surface area contributed by atoms with E-state index in [1.807, 2.05) is 25.1 Å². The van der Waals surface area contributed by atoms with Crippen LogP contribution in [0.2, 0.25) is 0 Å². The summed E-state index contributed by atoms with van der Waals surface area (Å²) in [7, 11) is 0. The van der Waals surface area contributed by atoms with Crippen LogP contribution in [0.5, 0.6) is 5.88 Å². The zero-order valence-corrected chi connectivity index (χ0v) is 9.76. The molecule has 0 atom stereocenters. The molecule has 2 aromatic rings. The molecule has 0 fully saturated rings. The Labute approximate surface area is 101 Å². The predicted molar refractivity (Wildman–Crippen MR) is 67.0 cm³/mol. The van der Waals surface area contributed by atoms with Crippen LogP contribution in [-0.4, -0.2) is 16.6 Å². The fraction of sp³-hybridized carbons (Fsp3) is 0.231. The summed E-state index contributed by atoms with van der Waals surface area (Å²) in [5.41, 5.74) is 1.21. The van der Waals surface area contributed by atoms with E-state index >= 15 is 0 Å². The van der Waals surface area contributed by atoms with Crippen molar-refractivity contribution in [2.45, 2.75) is 13.5 Å². The van der Waals surface area contributed by atoms with Gasteiger partial charge in [0.1, 0.15) is 12.1 Å². The summed E-state index contributed by atoms with van der Waals surface area (Å²) in [5, 5.41) is 3.23. The Kier molecular flexibility index (Phi) is 3.91. The van der Waals surface area contributed by atoms with Gasteiger partial charge in [-0.05, 0) is 12.5 Å². The molecule has 1 aromatic heterocycles. The highest BCUT2D eigenvalue weighted by molar-refractivity contribution is 5.38. The highest BCUT2D eigenvalue weighted by Gasteiger charge is 1.98. The van der Waals surface area contributed by atoms with Crippen molar-refractivity contribution in [2.75, 3.05) is 11.9 Å². The van der Waals surface area contributed by atoms with Crippen molar-refractivity contribution in [2.24, 2.45) is 0 Å². The summed E-state index contributed by atoms with van der Waals surface area (Å²) in [5.74, 6) is 1.37. The van der Waals surface area contributed by atoms with Crippen LogP contribution in [0.3, 0.4) is 0 Å². The number of nitrogens with zero attached hydrogens (tertiary/aromatic N) is 2. The van der Waals surface area contributed by atoms with Gasteiger partial charge in [-0.15, -0.1) is 0 Å². The van der Waals surface area contributed by atoms with Crippen molar-refractivity contribution in [1.82, 2.24) is 9.97 Å². The van der Waals surface area contributed by atoms with E-state index in [2.05, 4.69) is 27.4 Å². The van der Waals surface area contributed by atoms with Crippen molar-refractivity contribution in [3.8, 4) is 5.88 Å². The van der Waals surface area contributed by atoms with Crippen molar-refractivity contribution in [1.29, 1.82) is 0 Å². The Bertz CT molecular complexity index is 459. The predicted octanol–water partition coefficient (Wildman–Crippen LogP) is 2.49. The van der Waals surface area contributed by atoms with E-state index in [-0.39, 0.29) is 0 Å². The van der Waals surface area contributed by atoms with Crippen LogP contribution in [0, 0.1) is 0 Å². The van der Waals surface area contributed by atoms with E-state index in [0.717, 1.165) is 12.4 Å². The average Bonchev–Trinajstić information content (AvgIpc) is 2.39. The second-order valence-corrected chi connectivity index (χ2v) is 3.51. The summed E-state index contributed by atoms with van der Waals surface area (Å²) < 4.78 is 5.31. The fourth-order valence-corrected chi connectivity index (χ4v) is 1.45. The standard InChI is InChI=1S/C13H15N3O/c1-2-17-13-8-12(15-10-16-13)14-9-11-6-4-3-5-7-11/h3-8,10H,2,9H2,1H3,(H,14,15,16). The van der Waals surface area contributed by atoms with Gasteiger partial charge in [0.25, 0.3) is 0 Å². The Hall–Kier alpha value is -2.10. The molecule has 0 amide bonds. The number of hydrogen-bond acceptors (Lipinski definition) is 4. The maximum Gasteiger partial charge on any atom is 0.218 e. The summed E-state index contributed by atoms with van der Waals surface area (Å²) in [6, 6.07) is 12.0. The third kappa shape index (κ3) is 3.45. The first kappa shape index (κ1) is 11.4. The summed E-state index contributed by atoms with van der Waals surface area (Å²) >= 11 is 0. The molecule has 0 aliphatic heterocycles.